The average molecular weight is 223 g/mol. The van der Waals surface area contributed by atoms with Crippen LogP contribution in [0.15, 0.2) is 0 Å². The van der Waals surface area contributed by atoms with Crippen LogP contribution < -0.4 is 5.32 Å². The fourth-order valence-electron chi connectivity index (χ4n) is 1.07. The minimum Gasteiger partial charge on any atom is -0.392 e. The molecule has 2 N–H and O–H groups in total. The molecule has 0 heterocycles. The van der Waals surface area contributed by atoms with E-state index in [4.69, 9.17) is 0 Å². The Hall–Kier alpha value is -0.130. The molecule has 0 rings (SSSR count). The highest BCUT2D eigenvalue weighted by molar-refractivity contribution is 7.90. The summed E-state index contributed by atoms with van der Waals surface area (Å²) in [5, 5.41) is 12.5. The maximum absolute atomic E-state index is 10.9. The largest absolute Gasteiger partial charge is 0.392 e. The molecule has 0 fully saturated rings. The number of nitrogens with one attached hydrogen (secondary N) is 1. The van der Waals surface area contributed by atoms with Crippen LogP contribution in [0.4, 0.5) is 0 Å². The zero-order chi connectivity index (χ0) is 11.4. The van der Waals surface area contributed by atoms with Gasteiger partial charge in [0.1, 0.15) is 9.84 Å². The summed E-state index contributed by atoms with van der Waals surface area (Å²) < 4.78 is 21.8. The van der Waals surface area contributed by atoms with E-state index in [1.807, 2.05) is 13.8 Å². The van der Waals surface area contributed by atoms with Crippen molar-refractivity contribution in [3.63, 3.8) is 0 Å². The minimum absolute atomic E-state index is 0.109. The van der Waals surface area contributed by atoms with Crippen molar-refractivity contribution in [1.29, 1.82) is 0 Å². The molecule has 2 atom stereocenters. The molecule has 0 aliphatic heterocycles. The first-order valence-electron chi connectivity index (χ1n) is 4.81. The Morgan fingerprint density at radius 3 is 2.14 bits per heavy atom. The zero-order valence-corrected chi connectivity index (χ0v) is 10.1. The van der Waals surface area contributed by atoms with Crippen LogP contribution in [-0.4, -0.2) is 44.2 Å². The van der Waals surface area contributed by atoms with Crippen molar-refractivity contribution in [1.82, 2.24) is 5.32 Å². The van der Waals surface area contributed by atoms with Gasteiger partial charge in [0.15, 0.2) is 0 Å². The van der Waals surface area contributed by atoms with Crippen molar-refractivity contribution < 1.29 is 13.5 Å². The molecule has 0 aromatic heterocycles. The van der Waals surface area contributed by atoms with Gasteiger partial charge in [-0.15, -0.1) is 0 Å². The Morgan fingerprint density at radius 1 is 1.29 bits per heavy atom. The van der Waals surface area contributed by atoms with E-state index in [0.29, 0.717) is 6.54 Å². The third kappa shape index (κ3) is 7.29. The highest BCUT2D eigenvalue weighted by Crippen LogP contribution is 2.00. The number of rotatable bonds is 6. The number of sulfone groups is 1. The van der Waals surface area contributed by atoms with Crippen molar-refractivity contribution in [2.75, 3.05) is 18.6 Å². The second-order valence-electron chi connectivity index (χ2n) is 4.21. The standard InChI is InChI=1S/C9H21NO3S/c1-7(2)9(11)5-10-8(3)6-14(4,12)13/h7-11H,5-6H2,1-4H3. The molecule has 86 valence electrons. The van der Waals surface area contributed by atoms with Crippen LogP contribution in [0.1, 0.15) is 20.8 Å². The fraction of sp³-hybridized carbons (Fsp3) is 1.00. The number of aliphatic hydroxyl groups is 1. The Kier molecular flexibility index (Phi) is 5.63. The summed E-state index contributed by atoms with van der Waals surface area (Å²) in [6.45, 7) is 6.09. The quantitative estimate of drug-likeness (QED) is 0.666. The molecule has 0 aliphatic rings. The summed E-state index contributed by atoms with van der Waals surface area (Å²) in [6, 6.07) is -0.113. The molecule has 0 bridgehead atoms. The van der Waals surface area contributed by atoms with Crippen LogP contribution in [0.5, 0.6) is 0 Å². The summed E-state index contributed by atoms with van der Waals surface area (Å²) in [5.74, 6) is 0.297. The van der Waals surface area contributed by atoms with E-state index in [0.717, 1.165) is 0 Å². The van der Waals surface area contributed by atoms with Crippen LogP contribution >= 0.6 is 0 Å². The van der Waals surface area contributed by atoms with Gasteiger partial charge in [-0.2, -0.15) is 0 Å². The Morgan fingerprint density at radius 2 is 1.79 bits per heavy atom. The normalized spacial score (nSPS) is 17.0. The topological polar surface area (TPSA) is 66.4 Å². The molecular formula is C9H21NO3S. The molecule has 0 aromatic rings. The Labute approximate surface area is 86.6 Å². The lowest BCUT2D eigenvalue weighted by Crippen LogP contribution is -2.39. The van der Waals surface area contributed by atoms with Gasteiger partial charge in [-0.1, -0.05) is 13.8 Å². The summed E-state index contributed by atoms with van der Waals surface area (Å²) in [4.78, 5) is 0. The predicted octanol–water partition coefficient (Wildman–Crippen LogP) is 0.0260. The number of hydrogen-bond donors (Lipinski definition) is 2. The van der Waals surface area contributed by atoms with Crippen molar-refractivity contribution in [2.24, 2.45) is 5.92 Å². The van der Waals surface area contributed by atoms with Gasteiger partial charge in [-0.3, -0.25) is 0 Å². The Balaban J connectivity index is 3.80. The van der Waals surface area contributed by atoms with E-state index in [9.17, 15) is 13.5 Å². The Bertz CT molecular complexity index is 249. The van der Waals surface area contributed by atoms with Gasteiger partial charge in [0.25, 0.3) is 0 Å². The molecular weight excluding hydrogens is 202 g/mol. The van der Waals surface area contributed by atoms with Crippen LogP contribution in [-0.2, 0) is 9.84 Å². The lowest BCUT2D eigenvalue weighted by Gasteiger charge is -2.18. The zero-order valence-electron chi connectivity index (χ0n) is 9.32. The predicted molar refractivity (Wildman–Crippen MR) is 58.0 cm³/mol. The van der Waals surface area contributed by atoms with E-state index in [1.54, 1.807) is 6.92 Å². The second-order valence-corrected chi connectivity index (χ2v) is 6.40. The lowest BCUT2D eigenvalue weighted by atomic mass is 10.1. The van der Waals surface area contributed by atoms with Gasteiger partial charge in [-0.25, -0.2) is 8.42 Å². The third-order valence-electron chi connectivity index (χ3n) is 2.00. The molecule has 0 aliphatic carbocycles. The van der Waals surface area contributed by atoms with Crippen LogP contribution in [0.25, 0.3) is 0 Å². The first-order valence-corrected chi connectivity index (χ1v) is 6.87. The smallest absolute Gasteiger partial charge is 0.148 e. The SMILES string of the molecule is CC(CS(C)(=O)=O)NCC(O)C(C)C. The lowest BCUT2D eigenvalue weighted by molar-refractivity contribution is 0.121. The monoisotopic (exact) mass is 223 g/mol. The fourth-order valence-corrected chi connectivity index (χ4v) is 2.10. The van der Waals surface area contributed by atoms with E-state index >= 15 is 0 Å². The van der Waals surface area contributed by atoms with E-state index in [-0.39, 0.29) is 17.7 Å². The number of aliphatic hydroxyl groups excluding tert-OH is 1. The summed E-state index contributed by atoms with van der Waals surface area (Å²) >= 11 is 0. The van der Waals surface area contributed by atoms with Gasteiger partial charge in [0.05, 0.1) is 11.9 Å². The molecule has 0 aromatic carbocycles. The molecule has 14 heavy (non-hydrogen) atoms. The van der Waals surface area contributed by atoms with Crippen LogP contribution in [0.3, 0.4) is 0 Å². The molecule has 0 saturated heterocycles. The van der Waals surface area contributed by atoms with Crippen molar-refractivity contribution >= 4 is 9.84 Å². The van der Waals surface area contributed by atoms with E-state index in [1.165, 1.54) is 6.26 Å². The summed E-state index contributed by atoms with van der Waals surface area (Å²) in [5.41, 5.74) is 0. The van der Waals surface area contributed by atoms with E-state index in [2.05, 4.69) is 5.32 Å². The third-order valence-corrected chi connectivity index (χ3v) is 3.10. The van der Waals surface area contributed by atoms with Gasteiger partial charge in [0.2, 0.25) is 0 Å². The summed E-state index contributed by atoms with van der Waals surface area (Å²) in [7, 11) is -2.94. The van der Waals surface area contributed by atoms with Crippen molar-refractivity contribution in [3.05, 3.63) is 0 Å². The second kappa shape index (κ2) is 5.68. The highest BCUT2D eigenvalue weighted by atomic mass is 32.2. The highest BCUT2D eigenvalue weighted by Gasteiger charge is 2.13. The van der Waals surface area contributed by atoms with E-state index < -0.39 is 15.9 Å². The molecule has 0 radical (unpaired) electrons. The molecule has 0 spiro atoms. The molecule has 4 nitrogen and oxygen atoms in total. The van der Waals surface area contributed by atoms with Gasteiger partial charge >= 0.3 is 0 Å². The van der Waals surface area contributed by atoms with Crippen LogP contribution in [0.2, 0.25) is 0 Å². The molecule has 5 heteroatoms. The average Bonchev–Trinajstić information content (AvgIpc) is 1.96. The van der Waals surface area contributed by atoms with Gasteiger partial charge in [-0.05, 0) is 12.8 Å². The molecule has 0 saturated carbocycles. The van der Waals surface area contributed by atoms with Crippen molar-refractivity contribution in [3.8, 4) is 0 Å². The first kappa shape index (κ1) is 13.9. The molecule has 0 amide bonds. The van der Waals surface area contributed by atoms with Crippen molar-refractivity contribution in [2.45, 2.75) is 32.9 Å². The maximum atomic E-state index is 10.9. The molecule has 2 unspecified atom stereocenters. The first-order chi connectivity index (χ1) is 6.22. The maximum Gasteiger partial charge on any atom is 0.148 e. The number of hydrogen-bond acceptors (Lipinski definition) is 4. The van der Waals surface area contributed by atoms with Gasteiger partial charge < -0.3 is 10.4 Å². The van der Waals surface area contributed by atoms with Gasteiger partial charge in [0, 0.05) is 18.8 Å². The van der Waals surface area contributed by atoms with Crippen LogP contribution in [0, 0.1) is 5.92 Å². The minimum atomic E-state index is -2.94. The summed E-state index contributed by atoms with van der Waals surface area (Å²) in [6.07, 6.45) is 0.793.